The van der Waals surface area contributed by atoms with E-state index < -0.39 is 62.7 Å². The van der Waals surface area contributed by atoms with E-state index in [9.17, 15) is 26.4 Å². The Kier molecular flexibility index (Phi) is 7.08. The van der Waals surface area contributed by atoms with Crippen LogP contribution in [0.5, 0.6) is 0 Å². The van der Waals surface area contributed by atoms with E-state index in [0.29, 0.717) is 12.5 Å². The first-order chi connectivity index (χ1) is 15.7. The Hall–Kier alpha value is -1.83. The summed E-state index contributed by atoms with van der Waals surface area (Å²) in [6.07, 6.45) is -5.12. The number of alkyl halides is 3. The zero-order valence-corrected chi connectivity index (χ0v) is 21.8. The largest absolute Gasteiger partial charge is 0.495 e. The highest BCUT2D eigenvalue weighted by molar-refractivity contribution is 7.89. The van der Waals surface area contributed by atoms with E-state index in [1.54, 1.807) is 48.5 Å². The Morgan fingerprint density at radius 3 is 2.23 bits per heavy atom. The molecule has 13 heteroatoms. The molecule has 1 aromatic carbocycles. The number of likely N-dealkylation sites (tertiary alicyclic amines) is 1. The van der Waals surface area contributed by atoms with E-state index in [2.05, 4.69) is 4.72 Å². The van der Waals surface area contributed by atoms with Crippen LogP contribution in [0.25, 0.3) is 0 Å². The van der Waals surface area contributed by atoms with Crippen LogP contribution in [0.4, 0.5) is 18.0 Å². The first-order valence-corrected chi connectivity index (χ1v) is 12.8. The zero-order chi connectivity index (χ0) is 26.6. The van der Waals surface area contributed by atoms with Crippen LogP contribution in [0.15, 0.2) is 23.1 Å². The summed E-state index contributed by atoms with van der Waals surface area (Å²) in [6, 6.07) is 2.09. The summed E-state index contributed by atoms with van der Waals surface area (Å²) in [5, 5.41) is 0. The molecular weight excluding hydrogens is 488 g/mol. The highest BCUT2D eigenvalue weighted by Gasteiger charge is 2.53. The van der Waals surface area contributed by atoms with Gasteiger partial charge in [-0.2, -0.15) is 13.2 Å². The maximum Gasteiger partial charge on any atom is 0.495 e. The lowest BCUT2D eigenvalue weighted by atomic mass is 9.76. The molecule has 1 amide bonds. The molecule has 1 N–H and O–H groups in total. The van der Waals surface area contributed by atoms with Crippen molar-refractivity contribution in [1.82, 2.24) is 9.62 Å². The summed E-state index contributed by atoms with van der Waals surface area (Å²) in [4.78, 5) is 13.1. The minimum Gasteiger partial charge on any atom is -0.444 e. The molecule has 0 aliphatic carbocycles. The molecule has 0 unspecified atom stereocenters. The van der Waals surface area contributed by atoms with Gasteiger partial charge >= 0.3 is 19.4 Å². The normalized spacial score (nSPS) is 22.5. The molecule has 8 nitrogen and oxygen atoms in total. The monoisotopic (exact) mass is 520 g/mol. The number of carbonyl (C=O) groups is 1. The number of nitrogens with zero attached hydrogens (tertiary/aromatic N) is 1. The molecular formula is C22H32BF3N2O6S. The molecule has 0 radical (unpaired) electrons. The molecule has 1 aromatic rings. The first-order valence-electron chi connectivity index (χ1n) is 11.3. The third-order valence-electron chi connectivity index (χ3n) is 6.31. The number of amides is 1. The van der Waals surface area contributed by atoms with Crippen molar-refractivity contribution in [3.63, 3.8) is 0 Å². The lowest BCUT2D eigenvalue weighted by Gasteiger charge is -2.32. The van der Waals surface area contributed by atoms with Crippen LogP contribution < -0.4 is 10.2 Å². The van der Waals surface area contributed by atoms with E-state index in [1.165, 1.54) is 4.90 Å². The molecule has 2 saturated heterocycles. The standard InChI is InChI=1S/C22H32BF3N2O6S/c1-19(2,3)32-18(29)28-11-10-14(13-28)27-35(30,31)15-8-9-17(16(12-15)22(24,25)26)23-33-20(4,5)21(6,7)34-23/h8-9,12,14,27H,10-11,13H2,1-7H3/t14-/m1/s1. The fourth-order valence-corrected chi connectivity index (χ4v) is 5.05. The number of carbonyl (C=O) groups excluding carboxylic acids is 1. The molecule has 0 spiro atoms. The van der Waals surface area contributed by atoms with Crippen LogP contribution in [0.2, 0.25) is 0 Å². The number of halogens is 3. The third kappa shape index (κ3) is 6.12. The highest BCUT2D eigenvalue weighted by atomic mass is 32.2. The fourth-order valence-electron chi connectivity index (χ4n) is 3.76. The Morgan fingerprint density at radius 2 is 1.71 bits per heavy atom. The van der Waals surface area contributed by atoms with E-state index in [1.807, 2.05) is 0 Å². The van der Waals surface area contributed by atoms with Gasteiger partial charge in [0.25, 0.3) is 0 Å². The van der Waals surface area contributed by atoms with Crippen LogP contribution in [0, 0.1) is 0 Å². The minimum absolute atomic E-state index is 0.0479. The van der Waals surface area contributed by atoms with Crippen LogP contribution in [0.1, 0.15) is 60.5 Å². The Bertz CT molecular complexity index is 1070. The van der Waals surface area contributed by atoms with Crippen molar-refractivity contribution in [2.75, 3.05) is 13.1 Å². The second-order valence-electron chi connectivity index (χ2n) is 10.9. The molecule has 2 fully saturated rings. The van der Waals surface area contributed by atoms with Gasteiger partial charge in [0.1, 0.15) is 5.60 Å². The van der Waals surface area contributed by atoms with Crippen LogP contribution in [-0.2, 0) is 30.2 Å². The molecule has 3 rings (SSSR count). The number of hydrogen-bond donors (Lipinski definition) is 1. The van der Waals surface area contributed by atoms with Crippen LogP contribution >= 0.6 is 0 Å². The molecule has 196 valence electrons. The predicted octanol–water partition coefficient (Wildman–Crippen LogP) is 3.29. The Labute approximate surface area is 204 Å². The smallest absolute Gasteiger partial charge is 0.444 e. The van der Waals surface area contributed by atoms with Gasteiger partial charge in [0.15, 0.2) is 0 Å². The molecule has 1 atom stereocenters. The van der Waals surface area contributed by atoms with E-state index >= 15 is 0 Å². The van der Waals surface area contributed by atoms with E-state index in [0.717, 1.165) is 12.1 Å². The maximum atomic E-state index is 14.0. The molecule has 35 heavy (non-hydrogen) atoms. The van der Waals surface area contributed by atoms with Crippen molar-refractivity contribution in [2.24, 2.45) is 0 Å². The van der Waals surface area contributed by atoms with Gasteiger partial charge in [0.05, 0.1) is 21.7 Å². The molecule has 2 aliphatic rings. The van der Waals surface area contributed by atoms with Crippen molar-refractivity contribution in [1.29, 1.82) is 0 Å². The van der Waals surface area contributed by atoms with Crippen molar-refractivity contribution in [3.8, 4) is 0 Å². The summed E-state index contributed by atoms with van der Waals surface area (Å²) >= 11 is 0. The lowest BCUT2D eigenvalue weighted by Crippen LogP contribution is -2.41. The number of sulfonamides is 1. The van der Waals surface area contributed by atoms with Gasteiger partial charge < -0.3 is 18.9 Å². The molecule has 0 bridgehead atoms. The van der Waals surface area contributed by atoms with Crippen molar-refractivity contribution >= 4 is 28.7 Å². The molecule has 0 aromatic heterocycles. The summed E-state index contributed by atoms with van der Waals surface area (Å²) in [5.74, 6) is 0. The van der Waals surface area contributed by atoms with Crippen molar-refractivity contribution < 1.29 is 40.4 Å². The van der Waals surface area contributed by atoms with Gasteiger partial charge in [0, 0.05) is 19.1 Å². The summed E-state index contributed by atoms with van der Waals surface area (Å²) in [6.45, 7) is 12.3. The maximum absolute atomic E-state index is 14.0. The minimum atomic E-state index is -4.84. The Balaban J connectivity index is 1.82. The summed E-state index contributed by atoms with van der Waals surface area (Å²) < 4.78 is 86.9. The van der Waals surface area contributed by atoms with Gasteiger partial charge in [-0.05, 0) is 72.5 Å². The van der Waals surface area contributed by atoms with E-state index in [4.69, 9.17) is 14.0 Å². The Morgan fingerprint density at radius 1 is 1.14 bits per heavy atom. The topological polar surface area (TPSA) is 94.2 Å². The van der Waals surface area contributed by atoms with Crippen LogP contribution in [-0.4, -0.2) is 62.5 Å². The van der Waals surface area contributed by atoms with Crippen molar-refractivity contribution in [2.45, 2.75) is 88.8 Å². The van der Waals surface area contributed by atoms with Crippen molar-refractivity contribution in [3.05, 3.63) is 23.8 Å². The second-order valence-corrected chi connectivity index (χ2v) is 12.6. The van der Waals surface area contributed by atoms with Crippen LogP contribution in [0.3, 0.4) is 0 Å². The first kappa shape index (κ1) is 27.8. The van der Waals surface area contributed by atoms with Gasteiger partial charge in [-0.15, -0.1) is 0 Å². The van der Waals surface area contributed by atoms with Gasteiger partial charge in [-0.3, -0.25) is 0 Å². The summed E-state index contributed by atoms with van der Waals surface area (Å²) in [5.41, 5.74) is -3.89. The highest BCUT2D eigenvalue weighted by Crippen LogP contribution is 2.38. The molecule has 0 saturated carbocycles. The lowest BCUT2D eigenvalue weighted by molar-refractivity contribution is -0.137. The number of ether oxygens (including phenoxy) is 1. The van der Waals surface area contributed by atoms with Gasteiger partial charge in [0.2, 0.25) is 10.0 Å². The van der Waals surface area contributed by atoms with E-state index in [-0.39, 0.29) is 18.6 Å². The summed E-state index contributed by atoms with van der Waals surface area (Å²) in [7, 11) is -5.61. The number of hydrogen-bond acceptors (Lipinski definition) is 6. The molecule has 2 heterocycles. The average Bonchev–Trinajstić information content (AvgIpc) is 3.20. The SMILES string of the molecule is CC(C)(C)OC(=O)N1CC[C@@H](NS(=O)(=O)c2ccc(B3OC(C)(C)C(C)(C)O3)c(C(F)(F)F)c2)C1. The zero-order valence-electron chi connectivity index (χ0n) is 20.9. The predicted molar refractivity (Wildman–Crippen MR) is 124 cm³/mol. The third-order valence-corrected chi connectivity index (χ3v) is 7.83. The molecule has 2 aliphatic heterocycles. The fraction of sp³-hybridized carbons (Fsp3) is 0.682. The second kappa shape index (κ2) is 8.93. The number of nitrogens with one attached hydrogen (secondary N) is 1. The quantitative estimate of drug-likeness (QED) is 0.613. The van der Waals surface area contributed by atoms with Gasteiger partial charge in [-0.1, -0.05) is 6.07 Å². The average molecular weight is 520 g/mol. The number of benzene rings is 1. The number of rotatable bonds is 4. The van der Waals surface area contributed by atoms with Gasteiger partial charge in [-0.25, -0.2) is 17.9 Å².